The molecule has 2 aromatic heterocycles. The Morgan fingerprint density at radius 1 is 1.15 bits per heavy atom. The van der Waals surface area contributed by atoms with E-state index in [4.69, 9.17) is 10.8 Å². The van der Waals surface area contributed by atoms with E-state index < -0.39 is 6.17 Å². The van der Waals surface area contributed by atoms with Crippen LogP contribution in [0.15, 0.2) is 18.3 Å². The normalized spacial score (nSPS) is 29.5. The van der Waals surface area contributed by atoms with Gasteiger partial charge in [-0.1, -0.05) is 0 Å². The Morgan fingerprint density at radius 3 is 2.48 bits per heavy atom. The molecule has 0 bridgehead atoms. The monoisotopic (exact) mass is 452 g/mol. The molecule has 0 aromatic carbocycles. The molecule has 4 atom stereocenters. The molecule has 2 aliphatic carbocycles. The van der Waals surface area contributed by atoms with Crippen LogP contribution >= 0.6 is 0 Å². The van der Waals surface area contributed by atoms with Crippen molar-refractivity contribution < 1.29 is 9.18 Å². The summed E-state index contributed by atoms with van der Waals surface area (Å²) in [4.78, 5) is 21.5. The van der Waals surface area contributed by atoms with Crippen molar-refractivity contribution in [1.82, 2.24) is 24.6 Å². The number of nitrogens with two attached hydrogens (primary N) is 1. The fourth-order valence-electron chi connectivity index (χ4n) is 6.39. The molecule has 4 heterocycles. The summed E-state index contributed by atoms with van der Waals surface area (Å²) in [7, 11) is 0. The summed E-state index contributed by atoms with van der Waals surface area (Å²) < 4.78 is 15.4. The number of alkyl halides is 1. The van der Waals surface area contributed by atoms with E-state index in [1.54, 1.807) is 6.20 Å². The summed E-state index contributed by atoms with van der Waals surface area (Å²) in [6.07, 6.45) is 5.51. The van der Waals surface area contributed by atoms with Crippen molar-refractivity contribution in [2.45, 2.75) is 63.7 Å². The van der Waals surface area contributed by atoms with E-state index in [9.17, 15) is 9.18 Å². The fourth-order valence-corrected chi connectivity index (χ4v) is 6.39. The van der Waals surface area contributed by atoms with Gasteiger partial charge in [-0.05, 0) is 63.5 Å². The Bertz CT molecular complexity index is 1060. The largest absolute Gasteiger partial charge is 0.383 e. The minimum absolute atomic E-state index is 0.0351. The Balaban J connectivity index is 1.24. The molecule has 2 aromatic rings. The second-order valence-electron chi connectivity index (χ2n) is 10.7. The van der Waals surface area contributed by atoms with Gasteiger partial charge in [0.2, 0.25) is 0 Å². The lowest BCUT2D eigenvalue weighted by molar-refractivity contribution is 0.0247. The molecule has 2 saturated heterocycles. The molecule has 8 heteroatoms. The van der Waals surface area contributed by atoms with E-state index in [1.807, 2.05) is 11.0 Å². The van der Waals surface area contributed by atoms with Crippen molar-refractivity contribution in [3.05, 3.63) is 29.6 Å². The van der Waals surface area contributed by atoms with Crippen LogP contribution in [0, 0.1) is 11.8 Å². The molecule has 4 fully saturated rings. The zero-order valence-electron chi connectivity index (χ0n) is 19.5. The zero-order chi connectivity index (χ0) is 22.9. The van der Waals surface area contributed by atoms with E-state index in [0.29, 0.717) is 42.4 Å². The fraction of sp³-hybridized carbons (Fsp3) is 0.640. The van der Waals surface area contributed by atoms with Crippen LogP contribution in [-0.2, 0) is 0 Å². The maximum atomic E-state index is 13.3. The number of nitrogens with zero attached hydrogens (tertiary/aromatic N) is 5. The molecular formula is C25H33FN6O. The maximum absolute atomic E-state index is 13.3. The second-order valence-corrected chi connectivity index (χ2v) is 10.7. The average molecular weight is 453 g/mol. The highest BCUT2D eigenvalue weighted by Crippen LogP contribution is 2.64. The van der Waals surface area contributed by atoms with Crippen molar-refractivity contribution in [2.24, 2.45) is 11.8 Å². The first-order valence-corrected chi connectivity index (χ1v) is 12.4. The molecule has 176 valence electrons. The first-order valence-electron chi connectivity index (χ1n) is 12.4. The van der Waals surface area contributed by atoms with Gasteiger partial charge in [-0.3, -0.25) is 14.4 Å². The number of pyridine rings is 1. The molecule has 1 amide bonds. The number of halogens is 1. The van der Waals surface area contributed by atoms with Crippen LogP contribution in [0.5, 0.6) is 0 Å². The summed E-state index contributed by atoms with van der Waals surface area (Å²) in [6.45, 7) is 7.11. The number of aromatic nitrogens is 3. The molecule has 2 N–H and O–H groups in total. The maximum Gasteiger partial charge on any atom is 0.257 e. The minimum atomic E-state index is -0.626. The number of fused-ring (bicyclic) bond motifs is 1. The molecule has 7 nitrogen and oxygen atoms in total. The first kappa shape index (κ1) is 21.1. The Morgan fingerprint density at radius 2 is 1.85 bits per heavy atom. The van der Waals surface area contributed by atoms with Crippen LogP contribution < -0.4 is 5.73 Å². The molecule has 2 saturated carbocycles. The van der Waals surface area contributed by atoms with Gasteiger partial charge in [0.05, 0.1) is 11.3 Å². The summed E-state index contributed by atoms with van der Waals surface area (Å²) in [5.41, 5.74) is 9.54. The molecular weight excluding hydrogens is 419 g/mol. The summed E-state index contributed by atoms with van der Waals surface area (Å²) in [5.74, 6) is 2.12. The molecule has 0 radical (unpaired) electrons. The molecule has 6 rings (SSSR count). The van der Waals surface area contributed by atoms with Crippen molar-refractivity contribution in [2.75, 3.05) is 31.9 Å². The van der Waals surface area contributed by atoms with Gasteiger partial charge < -0.3 is 10.6 Å². The third-order valence-corrected chi connectivity index (χ3v) is 8.23. The SMILES string of the molecule is CC(C)n1nc(-c2cnc(N)c(C(=O)N3CCCC3)c2)cc1C1[C@H]2CC(N3CC(F)C3)C[C@@H]12. The lowest BCUT2D eigenvalue weighted by Crippen LogP contribution is -2.53. The van der Waals surface area contributed by atoms with Crippen molar-refractivity contribution >= 4 is 11.7 Å². The third-order valence-electron chi connectivity index (χ3n) is 8.23. The van der Waals surface area contributed by atoms with E-state index in [1.165, 1.54) is 18.5 Å². The third kappa shape index (κ3) is 3.54. The summed E-state index contributed by atoms with van der Waals surface area (Å²) >= 11 is 0. The number of likely N-dealkylation sites (tertiary alicyclic amines) is 2. The number of nitrogen functional groups attached to an aromatic ring is 1. The van der Waals surface area contributed by atoms with Crippen LogP contribution in [0.3, 0.4) is 0 Å². The van der Waals surface area contributed by atoms with Crippen LogP contribution in [0.4, 0.5) is 10.2 Å². The second kappa shape index (κ2) is 7.79. The number of carbonyl (C=O) groups excluding carboxylic acids is 1. The van der Waals surface area contributed by atoms with Gasteiger partial charge in [-0.15, -0.1) is 0 Å². The quantitative estimate of drug-likeness (QED) is 0.751. The Labute approximate surface area is 194 Å². The van der Waals surface area contributed by atoms with E-state index in [-0.39, 0.29) is 17.8 Å². The Hall–Kier alpha value is -2.48. The van der Waals surface area contributed by atoms with Crippen molar-refractivity contribution in [3.63, 3.8) is 0 Å². The highest BCUT2D eigenvalue weighted by molar-refractivity contribution is 5.99. The topological polar surface area (TPSA) is 80.3 Å². The lowest BCUT2D eigenvalue weighted by Gasteiger charge is -2.40. The van der Waals surface area contributed by atoms with Gasteiger partial charge in [0.1, 0.15) is 12.0 Å². The smallest absolute Gasteiger partial charge is 0.257 e. The molecule has 4 aliphatic rings. The van der Waals surface area contributed by atoms with Gasteiger partial charge in [0.15, 0.2) is 0 Å². The number of amides is 1. The van der Waals surface area contributed by atoms with Gasteiger partial charge >= 0.3 is 0 Å². The molecule has 33 heavy (non-hydrogen) atoms. The van der Waals surface area contributed by atoms with Crippen LogP contribution in [0.25, 0.3) is 11.3 Å². The Kier molecular flexibility index (Phi) is 4.98. The van der Waals surface area contributed by atoms with E-state index >= 15 is 0 Å². The molecule has 2 aliphatic heterocycles. The molecule has 2 unspecified atom stereocenters. The van der Waals surface area contributed by atoms with Crippen LogP contribution in [0.2, 0.25) is 0 Å². The van der Waals surface area contributed by atoms with Crippen molar-refractivity contribution in [3.8, 4) is 11.3 Å². The highest BCUT2D eigenvalue weighted by atomic mass is 19.1. The predicted molar refractivity (Wildman–Crippen MR) is 125 cm³/mol. The number of rotatable bonds is 5. The van der Waals surface area contributed by atoms with Crippen LogP contribution in [-0.4, -0.2) is 68.9 Å². The first-order chi connectivity index (χ1) is 15.9. The van der Waals surface area contributed by atoms with Gasteiger partial charge in [0.25, 0.3) is 5.91 Å². The summed E-state index contributed by atoms with van der Waals surface area (Å²) in [6, 6.07) is 4.86. The van der Waals surface area contributed by atoms with Crippen LogP contribution in [0.1, 0.15) is 67.5 Å². The van der Waals surface area contributed by atoms with Gasteiger partial charge in [0, 0.05) is 61.6 Å². The number of hydrogen-bond acceptors (Lipinski definition) is 5. The minimum Gasteiger partial charge on any atom is -0.383 e. The standard InChI is InChI=1S/C25H33FN6O/c1-14(2)32-22(23-18-8-17(9-19(18)23)31-12-16(26)13-31)10-21(29-32)15-7-20(24(27)28-11-15)25(33)30-5-3-4-6-30/h7,10-11,14,16-19,23H,3-6,8-9,12-13H2,1-2H3,(H2,27,28)/t17?,18-,19+,23?. The number of hydrogen-bond donors (Lipinski definition) is 1. The van der Waals surface area contributed by atoms with E-state index in [2.05, 4.69) is 34.5 Å². The average Bonchev–Trinajstić information content (AvgIpc) is 3.29. The van der Waals surface area contributed by atoms with Gasteiger partial charge in [-0.2, -0.15) is 5.10 Å². The summed E-state index contributed by atoms with van der Waals surface area (Å²) in [5, 5.41) is 4.94. The molecule has 0 spiro atoms. The van der Waals surface area contributed by atoms with Crippen molar-refractivity contribution in [1.29, 1.82) is 0 Å². The predicted octanol–water partition coefficient (Wildman–Crippen LogP) is 3.49. The van der Waals surface area contributed by atoms with Gasteiger partial charge in [-0.25, -0.2) is 9.37 Å². The number of carbonyl (C=O) groups is 1. The highest BCUT2D eigenvalue weighted by Gasteiger charge is 2.59. The van der Waals surface area contributed by atoms with E-state index in [0.717, 1.165) is 37.2 Å². The lowest BCUT2D eigenvalue weighted by atomic mass is 9.99. The zero-order valence-corrected chi connectivity index (χ0v) is 19.5. The number of anilines is 1.